The lowest BCUT2D eigenvalue weighted by molar-refractivity contribution is -0.144. The van der Waals surface area contributed by atoms with Gasteiger partial charge in [-0.1, -0.05) is 0 Å². The van der Waals surface area contributed by atoms with E-state index >= 15 is 0 Å². The molecule has 0 radical (unpaired) electrons. The Morgan fingerprint density at radius 3 is 2.95 bits per heavy atom. The van der Waals surface area contributed by atoms with E-state index < -0.39 is 12.0 Å². The molecule has 0 saturated carbocycles. The lowest BCUT2D eigenvalue weighted by Gasteiger charge is -2.16. The average Bonchev–Trinajstić information content (AvgIpc) is 2.75. The Morgan fingerprint density at radius 1 is 1.58 bits per heavy atom. The third-order valence-electron chi connectivity index (χ3n) is 3.12. The predicted molar refractivity (Wildman–Crippen MR) is 70.3 cm³/mol. The minimum Gasteiger partial charge on any atom is -0.496 e. The molecule has 0 amide bonds. The second-order valence-corrected chi connectivity index (χ2v) is 4.56. The van der Waals surface area contributed by atoms with Crippen molar-refractivity contribution < 1.29 is 19.0 Å². The Labute approximate surface area is 112 Å². The fraction of sp³-hybridized carbons (Fsp3) is 0.500. The second-order valence-electron chi connectivity index (χ2n) is 4.56. The van der Waals surface area contributed by atoms with Gasteiger partial charge >= 0.3 is 5.97 Å². The largest absolute Gasteiger partial charge is 0.496 e. The van der Waals surface area contributed by atoms with Crippen LogP contribution in [0.25, 0.3) is 0 Å². The van der Waals surface area contributed by atoms with Crippen molar-refractivity contribution in [3.05, 3.63) is 23.3 Å². The first-order valence-corrected chi connectivity index (χ1v) is 6.36. The van der Waals surface area contributed by atoms with E-state index in [-0.39, 0.29) is 6.10 Å². The van der Waals surface area contributed by atoms with Crippen LogP contribution in [-0.2, 0) is 16.0 Å². The summed E-state index contributed by atoms with van der Waals surface area (Å²) in [5.41, 5.74) is 7.58. The smallest absolute Gasteiger partial charge is 0.327 e. The molecule has 19 heavy (non-hydrogen) atoms. The molecule has 0 aliphatic carbocycles. The molecule has 2 atom stereocenters. The lowest BCUT2D eigenvalue weighted by atomic mass is 10.0. The monoisotopic (exact) mass is 265 g/mol. The maximum atomic E-state index is 11.7. The van der Waals surface area contributed by atoms with Crippen LogP contribution in [0.4, 0.5) is 0 Å². The molecule has 0 aromatic heterocycles. The van der Waals surface area contributed by atoms with E-state index in [4.69, 9.17) is 19.9 Å². The molecule has 104 valence electrons. The van der Waals surface area contributed by atoms with Gasteiger partial charge in [0, 0.05) is 17.5 Å². The Morgan fingerprint density at radius 2 is 2.32 bits per heavy atom. The summed E-state index contributed by atoms with van der Waals surface area (Å²) in [4.78, 5) is 11.7. The molecule has 1 heterocycles. The van der Waals surface area contributed by atoms with Crippen molar-refractivity contribution in [2.75, 3.05) is 13.7 Å². The number of hydrogen-bond acceptors (Lipinski definition) is 5. The molecule has 5 heteroatoms. The van der Waals surface area contributed by atoms with Crippen LogP contribution in [0.5, 0.6) is 11.5 Å². The topological polar surface area (TPSA) is 70.8 Å². The highest BCUT2D eigenvalue weighted by Crippen LogP contribution is 2.37. The maximum Gasteiger partial charge on any atom is 0.327 e. The molecule has 2 rings (SSSR count). The molecule has 1 aliphatic heterocycles. The molecule has 1 aromatic rings. The molecule has 5 nitrogen and oxygen atoms in total. The van der Waals surface area contributed by atoms with Gasteiger partial charge in [0.05, 0.1) is 13.7 Å². The van der Waals surface area contributed by atoms with Gasteiger partial charge in [-0.05, 0) is 26.0 Å². The van der Waals surface area contributed by atoms with Gasteiger partial charge in [0.2, 0.25) is 0 Å². The SMILES string of the molecule is CCOC(=O)C(N)c1cc2c(cc1OC)CC(C)O2. The number of esters is 1. The van der Waals surface area contributed by atoms with Crippen LogP contribution in [0.1, 0.15) is 31.0 Å². The molecule has 2 N–H and O–H groups in total. The number of methoxy groups -OCH3 is 1. The number of nitrogens with two attached hydrogens (primary N) is 1. The van der Waals surface area contributed by atoms with E-state index in [9.17, 15) is 4.79 Å². The third kappa shape index (κ3) is 2.66. The van der Waals surface area contributed by atoms with Crippen LogP contribution in [0.3, 0.4) is 0 Å². The first kappa shape index (κ1) is 13.7. The van der Waals surface area contributed by atoms with E-state index in [1.807, 2.05) is 13.0 Å². The lowest BCUT2D eigenvalue weighted by Crippen LogP contribution is -2.24. The van der Waals surface area contributed by atoms with Gasteiger partial charge in [-0.2, -0.15) is 0 Å². The number of hydrogen-bond donors (Lipinski definition) is 1. The van der Waals surface area contributed by atoms with Crippen molar-refractivity contribution in [3.63, 3.8) is 0 Å². The summed E-state index contributed by atoms with van der Waals surface area (Å²) >= 11 is 0. The maximum absolute atomic E-state index is 11.7. The Bertz CT molecular complexity index is 487. The second kappa shape index (κ2) is 5.48. The van der Waals surface area contributed by atoms with Crippen molar-refractivity contribution >= 4 is 5.97 Å². The zero-order valence-electron chi connectivity index (χ0n) is 11.4. The van der Waals surface area contributed by atoms with Crippen LogP contribution >= 0.6 is 0 Å². The quantitative estimate of drug-likeness (QED) is 0.837. The van der Waals surface area contributed by atoms with Crippen LogP contribution < -0.4 is 15.2 Å². The highest BCUT2D eigenvalue weighted by atomic mass is 16.5. The van der Waals surface area contributed by atoms with E-state index in [1.54, 1.807) is 20.1 Å². The summed E-state index contributed by atoms with van der Waals surface area (Å²) in [5.74, 6) is 0.895. The summed E-state index contributed by atoms with van der Waals surface area (Å²) in [6.45, 7) is 4.04. The molecule has 0 fully saturated rings. The van der Waals surface area contributed by atoms with Crippen LogP contribution in [-0.4, -0.2) is 25.8 Å². The summed E-state index contributed by atoms with van der Waals surface area (Å²) in [6.07, 6.45) is 0.967. The molecule has 0 bridgehead atoms. The molecule has 0 saturated heterocycles. The molecule has 2 unspecified atom stereocenters. The van der Waals surface area contributed by atoms with E-state index in [0.717, 1.165) is 17.7 Å². The number of benzene rings is 1. The first-order valence-electron chi connectivity index (χ1n) is 6.36. The number of rotatable bonds is 4. The Balaban J connectivity index is 2.35. The van der Waals surface area contributed by atoms with Crippen molar-refractivity contribution in [2.24, 2.45) is 5.73 Å². The standard InChI is InChI=1S/C14H19NO4/c1-4-18-14(16)13(15)10-7-11-9(5-8(2)19-11)6-12(10)17-3/h6-8,13H,4-5,15H2,1-3H3. The van der Waals surface area contributed by atoms with Gasteiger partial charge < -0.3 is 19.9 Å². The Kier molecular flexibility index (Phi) is 3.95. The number of carbonyl (C=O) groups is 1. The minimum atomic E-state index is -0.861. The van der Waals surface area contributed by atoms with E-state index in [2.05, 4.69) is 0 Å². The van der Waals surface area contributed by atoms with E-state index in [0.29, 0.717) is 17.9 Å². The van der Waals surface area contributed by atoms with Gasteiger partial charge in [-0.3, -0.25) is 0 Å². The van der Waals surface area contributed by atoms with Gasteiger partial charge in [-0.25, -0.2) is 4.79 Å². The number of carbonyl (C=O) groups excluding carboxylic acids is 1. The molecule has 1 aliphatic rings. The predicted octanol–water partition coefficient (Wildman–Crippen LogP) is 1.58. The third-order valence-corrected chi connectivity index (χ3v) is 3.12. The summed E-state index contributed by atoms with van der Waals surface area (Å²) in [6, 6.07) is 2.80. The summed E-state index contributed by atoms with van der Waals surface area (Å²) < 4.78 is 15.9. The minimum absolute atomic E-state index is 0.133. The van der Waals surface area contributed by atoms with Crippen molar-refractivity contribution in [2.45, 2.75) is 32.4 Å². The fourth-order valence-electron chi connectivity index (χ4n) is 2.23. The van der Waals surface area contributed by atoms with Crippen molar-refractivity contribution in [1.82, 2.24) is 0 Å². The number of fused-ring (bicyclic) bond motifs is 1. The average molecular weight is 265 g/mol. The summed E-state index contributed by atoms with van der Waals surface area (Å²) in [7, 11) is 1.56. The highest BCUT2D eigenvalue weighted by molar-refractivity contribution is 5.79. The van der Waals surface area contributed by atoms with Gasteiger partial charge in [0.1, 0.15) is 23.6 Å². The van der Waals surface area contributed by atoms with Crippen LogP contribution in [0.15, 0.2) is 12.1 Å². The van der Waals surface area contributed by atoms with Gasteiger partial charge in [0.15, 0.2) is 0 Å². The van der Waals surface area contributed by atoms with E-state index in [1.165, 1.54) is 0 Å². The Hall–Kier alpha value is -1.75. The van der Waals surface area contributed by atoms with Gasteiger partial charge in [0.25, 0.3) is 0 Å². The first-order chi connectivity index (χ1) is 9.06. The molecular weight excluding hydrogens is 246 g/mol. The molecular formula is C14H19NO4. The van der Waals surface area contributed by atoms with Crippen LogP contribution in [0.2, 0.25) is 0 Å². The van der Waals surface area contributed by atoms with Crippen molar-refractivity contribution in [1.29, 1.82) is 0 Å². The van der Waals surface area contributed by atoms with Crippen molar-refractivity contribution in [3.8, 4) is 11.5 Å². The zero-order valence-corrected chi connectivity index (χ0v) is 11.4. The molecule has 1 aromatic carbocycles. The summed E-state index contributed by atoms with van der Waals surface area (Å²) in [5, 5.41) is 0. The highest BCUT2D eigenvalue weighted by Gasteiger charge is 2.27. The van der Waals surface area contributed by atoms with Gasteiger partial charge in [-0.15, -0.1) is 0 Å². The zero-order chi connectivity index (χ0) is 14.0. The van der Waals surface area contributed by atoms with Crippen LogP contribution in [0, 0.1) is 0 Å². The molecule has 0 spiro atoms. The fourth-order valence-corrected chi connectivity index (χ4v) is 2.23. The number of ether oxygens (including phenoxy) is 3. The normalized spacial score (nSPS) is 18.4.